The van der Waals surface area contributed by atoms with E-state index >= 15 is 0 Å². The van der Waals surface area contributed by atoms with E-state index in [1.165, 1.54) is 5.57 Å². The Labute approximate surface area is 75.8 Å². The molecule has 0 aliphatic rings. The van der Waals surface area contributed by atoms with Crippen LogP contribution in [0.1, 0.15) is 34.1 Å². The lowest BCUT2D eigenvalue weighted by Gasteiger charge is -2.04. The summed E-state index contributed by atoms with van der Waals surface area (Å²) in [6, 6.07) is 0. The van der Waals surface area contributed by atoms with E-state index in [0.717, 1.165) is 12.0 Å². The highest BCUT2D eigenvalue weighted by molar-refractivity contribution is 5.03. The van der Waals surface area contributed by atoms with E-state index in [2.05, 4.69) is 32.9 Å². The summed E-state index contributed by atoms with van der Waals surface area (Å²) in [7, 11) is 0. The second-order valence-electron chi connectivity index (χ2n) is 3.67. The van der Waals surface area contributed by atoms with Gasteiger partial charge in [-0.3, -0.25) is 0 Å². The molecular formula is C11H20O. The van der Waals surface area contributed by atoms with E-state index in [0.29, 0.717) is 5.92 Å². The number of aliphatic hydroxyl groups excluding tert-OH is 1. The van der Waals surface area contributed by atoms with E-state index in [9.17, 15) is 0 Å². The zero-order valence-corrected chi connectivity index (χ0v) is 8.59. The summed E-state index contributed by atoms with van der Waals surface area (Å²) < 4.78 is 0. The SMILES string of the molecule is CC(C)=CCC(C)/C=C(\C)CO. The zero-order valence-electron chi connectivity index (χ0n) is 8.59. The van der Waals surface area contributed by atoms with Gasteiger partial charge in [0.15, 0.2) is 0 Å². The molecule has 0 fully saturated rings. The molecule has 0 aliphatic carbocycles. The standard InChI is InChI=1S/C11H20O/c1-9(2)5-6-10(3)7-11(4)8-12/h5,7,10,12H,6,8H2,1-4H3/b11-7+. The van der Waals surface area contributed by atoms with Gasteiger partial charge in [-0.1, -0.05) is 30.2 Å². The van der Waals surface area contributed by atoms with Gasteiger partial charge in [-0.2, -0.15) is 0 Å². The first-order valence-electron chi connectivity index (χ1n) is 4.47. The summed E-state index contributed by atoms with van der Waals surface area (Å²) in [5.74, 6) is 0.534. The fourth-order valence-electron chi connectivity index (χ4n) is 1.03. The van der Waals surface area contributed by atoms with Crippen LogP contribution in [-0.4, -0.2) is 11.7 Å². The summed E-state index contributed by atoms with van der Waals surface area (Å²) in [4.78, 5) is 0. The molecule has 12 heavy (non-hydrogen) atoms. The molecule has 1 atom stereocenters. The smallest absolute Gasteiger partial charge is 0.0639 e. The second kappa shape index (κ2) is 6.01. The molecule has 0 saturated carbocycles. The summed E-state index contributed by atoms with van der Waals surface area (Å²) in [6.07, 6.45) is 5.42. The van der Waals surface area contributed by atoms with Crippen LogP contribution in [-0.2, 0) is 0 Å². The fraction of sp³-hybridized carbons (Fsp3) is 0.636. The summed E-state index contributed by atoms with van der Waals surface area (Å²) in [5, 5.41) is 8.78. The molecule has 0 saturated heterocycles. The van der Waals surface area contributed by atoms with Crippen LogP contribution in [0.25, 0.3) is 0 Å². The summed E-state index contributed by atoms with van der Waals surface area (Å²) in [6.45, 7) is 8.52. The van der Waals surface area contributed by atoms with Crippen molar-refractivity contribution in [2.45, 2.75) is 34.1 Å². The van der Waals surface area contributed by atoms with Crippen LogP contribution in [0.3, 0.4) is 0 Å². The van der Waals surface area contributed by atoms with Crippen molar-refractivity contribution in [1.82, 2.24) is 0 Å². The lowest BCUT2D eigenvalue weighted by atomic mass is 10.0. The Morgan fingerprint density at radius 1 is 1.33 bits per heavy atom. The van der Waals surface area contributed by atoms with Crippen LogP contribution in [0, 0.1) is 5.92 Å². The van der Waals surface area contributed by atoms with Gasteiger partial charge in [-0.05, 0) is 33.1 Å². The highest BCUT2D eigenvalue weighted by Gasteiger charge is 1.95. The molecule has 0 rings (SSSR count). The third-order valence-electron chi connectivity index (χ3n) is 1.72. The van der Waals surface area contributed by atoms with Gasteiger partial charge >= 0.3 is 0 Å². The molecule has 0 bridgehead atoms. The van der Waals surface area contributed by atoms with Gasteiger partial charge in [0.1, 0.15) is 0 Å². The number of allylic oxidation sites excluding steroid dienone is 3. The van der Waals surface area contributed by atoms with E-state index in [1.54, 1.807) is 0 Å². The Kier molecular flexibility index (Phi) is 5.73. The summed E-state index contributed by atoms with van der Waals surface area (Å²) >= 11 is 0. The van der Waals surface area contributed by atoms with Crippen molar-refractivity contribution in [3.05, 3.63) is 23.3 Å². The average molecular weight is 168 g/mol. The Hall–Kier alpha value is -0.560. The maximum absolute atomic E-state index is 8.78. The van der Waals surface area contributed by atoms with Gasteiger partial charge in [0.2, 0.25) is 0 Å². The van der Waals surface area contributed by atoms with Crippen LogP contribution < -0.4 is 0 Å². The van der Waals surface area contributed by atoms with Crippen molar-refractivity contribution < 1.29 is 5.11 Å². The van der Waals surface area contributed by atoms with E-state index < -0.39 is 0 Å². The first kappa shape index (κ1) is 11.4. The van der Waals surface area contributed by atoms with Crippen molar-refractivity contribution in [3.63, 3.8) is 0 Å². The first-order valence-corrected chi connectivity index (χ1v) is 4.47. The molecule has 0 spiro atoms. The molecule has 1 nitrogen and oxygen atoms in total. The monoisotopic (exact) mass is 168 g/mol. The van der Waals surface area contributed by atoms with Crippen LogP contribution in [0.4, 0.5) is 0 Å². The molecule has 0 amide bonds. The Balaban J connectivity index is 3.89. The van der Waals surface area contributed by atoms with E-state index in [-0.39, 0.29) is 6.61 Å². The third kappa shape index (κ3) is 6.17. The number of aliphatic hydroxyl groups is 1. The molecule has 1 unspecified atom stereocenters. The van der Waals surface area contributed by atoms with Crippen LogP contribution in [0.2, 0.25) is 0 Å². The molecule has 70 valence electrons. The number of rotatable bonds is 4. The Morgan fingerprint density at radius 2 is 1.92 bits per heavy atom. The van der Waals surface area contributed by atoms with Crippen LogP contribution >= 0.6 is 0 Å². The van der Waals surface area contributed by atoms with Crippen molar-refractivity contribution in [3.8, 4) is 0 Å². The predicted molar refractivity (Wildman–Crippen MR) is 54.1 cm³/mol. The minimum atomic E-state index is 0.180. The topological polar surface area (TPSA) is 20.2 Å². The Morgan fingerprint density at radius 3 is 2.33 bits per heavy atom. The molecule has 0 aromatic heterocycles. The second-order valence-corrected chi connectivity index (χ2v) is 3.67. The lowest BCUT2D eigenvalue weighted by Crippen LogP contribution is -1.92. The minimum Gasteiger partial charge on any atom is -0.392 e. The largest absolute Gasteiger partial charge is 0.392 e. The predicted octanol–water partition coefficient (Wildman–Crippen LogP) is 2.92. The van der Waals surface area contributed by atoms with Gasteiger partial charge in [-0.25, -0.2) is 0 Å². The normalized spacial score (nSPS) is 14.2. The van der Waals surface area contributed by atoms with Gasteiger partial charge in [0.05, 0.1) is 6.61 Å². The molecule has 0 aromatic carbocycles. The molecule has 1 heteroatoms. The van der Waals surface area contributed by atoms with E-state index in [1.807, 2.05) is 6.92 Å². The van der Waals surface area contributed by atoms with Crippen molar-refractivity contribution in [2.24, 2.45) is 5.92 Å². The number of hydrogen-bond donors (Lipinski definition) is 1. The van der Waals surface area contributed by atoms with Crippen molar-refractivity contribution in [1.29, 1.82) is 0 Å². The van der Waals surface area contributed by atoms with E-state index in [4.69, 9.17) is 5.11 Å². The molecule has 0 aromatic rings. The maximum Gasteiger partial charge on any atom is 0.0639 e. The quantitative estimate of drug-likeness (QED) is 0.640. The third-order valence-corrected chi connectivity index (χ3v) is 1.72. The van der Waals surface area contributed by atoms with Crippen molar-refractivity contribution >= 4 is 0 Å². The molecule has 1 N–H and O–H groups in total. The highest BCUT2D eigenvalue weighted by atomic mass is 16.3. The number of hydrogen-bond acceptors (Lipinski definition) is 1. The van der Waals surface area contributed by atoms with Gasteiger partial charge in [-0.15, -0.1) is 0 Å². The maximum atomic E-state index is 8.78. The van der Waals surface area contributed by atoms with Gasteiger partial charge in [0.25, 0.3) is 0 Å². The van der Waals surface area contributed by atoms with Crippen LogP contribution in [0.15, 0.2) is 23.3 Å². The molecular weight excluding hydrogens is 148 g/mol. The van der Waals surface area contributed by atoms with Crippen molar-refractivity contribution in [2.75, 3.05) is 6.61 Å². The van der Waals surface area contributed by atoms with Crippen LogP contribution in [0.5, 0.6) is 0 Å². The zero-order chi connectivity index (χ0) is 9.56. The molecule has 0 radical (unpaired) electrons. The fourth-order valence-corrected chi connectivity index (χ4v) is 1.03. The molecule has 0 aliphatic heterocycles. The lowest BCUT2D eigenvalue weighted by molar-refractivity contribution is 0.330. The van der Waals surface area contributed by atoms with Gasteiger partial charge < -0.3 is 5.11 Å². The highest BCUT2D eigenvalue weighted by Crippen LogP contribution is 2.09. The average Bonchev–Trinajstić information content (AvgIpc) is 2.00. The first-order chi connectivity index (χ1) is 5.56. The van der Waals surface area contributed by atoms with Gasteiger partial charge in [0, 0.05) is 0 Å². The molecule has 0 heterocycles. The summed E-state index contributed by atoms with van der Waals surface area (Å²) in [5.41, 5.74) is 2.42. The Bertz CT molecular complexity index is 173. The minimum absolute atomic E-state index is 0.180.